The number of carbonyl (C=O) groups is 1. The maximum Gasteiger partial charge on any atom is 0.240 e. The van der Waals surface area contributed by atoms with E-state index >= 15 is 0 Å². The van der Waals surface area contributed by atoms with Crippen molar-refractivity contribution in [3.63, 3.8) is 0 Å². The Hall–Kier alpha value is -1.26. The van der Waals surface area contributed by atoms with Crippen molar-refractivity contribution >= 4 is 23.2 Å². The van der Waals surface area contributed by atoms with Crippen LogP contribution in [0.4, 0.5) is 5.69 Å². The van der Waals surface area contributed by atoms with E-state index in [4.69, 9.17) is 17.3 Å². The number of nitrogens with zero attached hydrogens (tertiary/aromatic N) is 1. The molecule has 0 radical (unpaired) electrons. The third kappa shape index (κ3) is 3.01. The average molecular weight is 282 g/mol. The fourth-order valence-corrected chi connectivity index (χ4v) is 2.92. The number of nitrogens with one attached hydrogen (secondary N) is 1. The molecular formula is C14H20ClN3O. The number of anilines is 1. The van der Waals surface area contributed by atoms with Crippen LogP contribution in [-0.4, -0.2) is 25.5 Å². The summed E-state index contributed by atoms with van der Waals surface area (Å²) in [6.45, 7) is 1.53. The van der Waals surface area contributed by atoms with Gasteiger partial charge in [0.1, 0.15) is 6.04 Å². The van der Waals surface area contributed by atoms with Crippen molar-refractivity contribution in [1.29, 1.82) is 0 Å². The molecule has 0 saturated carbocycles. The van der Waals surface area contributed by atoms with Crippen LogP contribution >= 0.6 is 11.6 Å². The van der Waals surface area contributed by atoms with E-state index in [0.717, 1.165) is 42.1 Å². The van der Waals surface area contributed by atoms with Gasteiger partial charge in [-0.3, -0.25) is 4.79 Å². The molecule has 1 aromatic carbocycles. The average Bonchev–Trinajstić information content (AvgIpc) is 2.41. The Labute approximate surface area is 118 Å². The fraction of sp³-hybridized carbons (Fsp3) is 0.500. The number of hydrogen-bond donors (Lipinski definition) is 2. The number of piperidine rings is 1. The molecule has 1 aliphatic heterocycles. The van der Waals surface area contributed by atoms with Crippen LogP contribution in [0.3, 0.4) is 0 Å². The number of benzene rings is 1. The summed E-state index contributed by atoms with van der Waals surface area (Å²) in [6, 6.07) is 5.59. The first-order chi connectivity index (χ1) is 9.15. The smallest absolute Gasteiger partial charge is 0.240 e. The SMILES string of the molecule is CNCc1c(Cl)cccc1N1CCCCC1C(N)=O. The lowest BCUT2D eigenvalue weighted by atomic mass is 9.99. The summed E-state index contributed by atoms with van der Waals surface area (Å²) >= 11 is 6.27. The first-order valence-electron chi connectivity index (χ1n) is 6.63. The summed E-state index contributed by atoms with van der Waals surface area (Å²) in [5.74, 6) is -0.255. The van der Waals surface area contributed by atoms with E-state index in [9.17, 15) is 4.79 Å². The van der Waals surface area contributed by atoms with Gasteiger partial charge in [0, 0.05) is 29.4 Å². The number of hydrogen-bond acceptors (Lipinski definition) is 3. The highest BCUT2D eigenvalue weighted by molar-refractivity contribution is 6.31. The molecule has 104 valence electrons. The van der Waals surface area contributed by atoms with Gasteiger partial charge in [-0.25, -0.2) is 0 Å². The Morgan fingerprint density at radius 2 is 2.32 bits per heavy atom. The number of primary amides is 1. The molecule has 4 nitrogen and oxygen atoms in total. The molecule has 19 heavy (non-hydrogen) atoms. The van der Waals surface area contributed by atoms with E-state index in [2.05, 4.69) is 10.2 Å². The van der Waals surface area contributed by atoms with E-state index in [1.807, 2.05) is 25.2 Å². The molecular weight excluding hydrogens is 262 g/mol. The molecule has 1 aliphatic rings. The number of halogens is 1. The molecule has 1 atom stereocenters. The lowest BCUT2D eigenvalue weighted by molar-refractivity contribution is -0.119. The van der Waals surface area contributed by atoms with Gasteiger partial charge >= 0.3 is 0 Å². The largest absolute Gasteiger partial charge is 0.368 e. The Bertz CT molecular complexity index is 464. The van der Waals surface area contributed by atoms with Gasteiger partial charge in [-0.2, -0.15) is 0 Å². The molecule has 1 saturated heterocycles. The molecule has 5 heteroatoms. The van der Waals surface area contributed by atoms with Crippen molar-refractivity contribution in [2.45, 2.75) is 31.8 Å². The second-order valence-electron chi connectivity index (χ2n) is 4.88. The van der Waals surface area contributed by atoms with Crippen molar-refractivity contribution < 1.29 is 4.79 Å². The Morgan fingerprint density at radius 3 is 3.00 bits per heavy atom. The van der Waals surface area contributed by atoms with Gasteiger partial charge < -0.3 is 16.0 Å². The first kappa shape index (κ1) is 14.2. The van der Waals surface area contributed by atoms with Crippen molar-refractivity contribution in [3.05, 3.63) is 28.8 Å². The molecule has 1 aromatic rings. The highest BCUT2D eigenvalue weighted by atomic mass is 35.5. The highest BCUT2D eigenvalue weighted by Crippen LogP contribution is 2.32. The maximum atomic E-state index is 11.6. The van der Waals surface area contributed by atoms with Crippen LogP contribution in [0.25, 0.3) is 0 Å². The van der Waals surface area contributed by atoms with Gasteiger partial charge in [-0.05, 0) is 38.4 Å². The second kappa shape index (κ2) is 6.26. The fourth-order valence-electron chi connectivity index (χ4n) is 2.68. The van der Waals surface area contributed by atoms with Gasteiger partial charge in [-0.15, -0.1) is 0 Å². The van der Waals surface area contributed by atoms with E-state index < -0.39 is 0 Å². The lowest BCUT2D eigenvalue weighted by Crippen LogP contribution is -2.48. The van der Waals surface area contributed by atoms with Crippen molar-refractivity contribution in [3.8, 4) is 0 Å². The molecule has 0 aromatic heterocycles. The van der Waals surface area contributed by atoms with Crippen LogP contribution < -0.4 is 16.0 Å². The van der Waals surface area contributed by atoms with Crippen LogP contribution in [0, 0.1) is 0 Å². The number of carbonyl (C=O) groups excluding carboxylic acids is 1. The monoisotopic (exact) mass is 281 g/mol. The minimum Gasteiger partial charge on any atom is -0.368 e. The Kier molecular flexibility index (Phi) is 4.66. The van der Waals surface area contributed by atoms with Crippen LogP contribution in [0.5, 0.6) is 0 Å². The zero-order valence-electron chi connectivity index (χ0n) is 11.2. The predicted octanol–water partition coefficient (Wildman–Crippen LogP) is 1.90. The molecule has 1 heterocycles. The summed E-state index contributed by atoms with van der Waals surface area (Å²) in [5.41, 5.74) is 7.57. The summed E-state index contributed by atoms with van der Waals surface area (Å²) in [4.78, 5) is 13.7. The van der Waals surface area contributed by atoms with Crippen molar-refractivity contribution in [2.24, 2.45) is 5.73 Å². The van der Waals surface area contributed by atoms with E-state index in [1.54, 1.807) is 0 Å². The maximum absolute atomic E-state index is 11.6. The quantitative estimate of drug-likeness (QED) is 0.886. The minimum absolute atomic E-state index is 0.220. The molecule has 0 bridgehead atoms. The Morgan fingerprint density at radius 1 is 1.53 bits per heavy atom. The van der Waals surface area contributed by atoms with Crippen LogP contribution in [0.2, 0.25) is 5.02 Å². The van der Waals surface area contributed by atoms with Crippen LogP contribution in [0.15, 0.2) is 18.2 Å². The van der Waals surface area contributed by atoms with Crippen LogP contribution in [-0.2, 0) is 11.3 Å². The van der Waals surface area contributed by atoms with Gasteiger partial charge in [0.25, 0.3) is 0 Å². The number of amides is 1. The number of rotatable bonds is 4. The molecule has 1 amide bonds. The molecule has 0 spiro atoms. The second-order valence-corrected chi connectivity index (χ2v) is 5.28. The van der Waals surface area contributed by atoms with E-state index in [0.29, 0.717) is 6.54 Å². The molecule has 0 aliphatic carbocycles. The lowest BCUT2D eigenvalue weighted by Gasteiger charge is -2.37. The normalized spacial score (nSPS) is 19.5. The molecule has 1 fully saturated rings. The zero-order valence-corrected chi connectivity index (χ0v) is 11.9. The van der Waals surface area contributed by atoms with Crippen LogP contribution in [0.1, 0.15) is 24.8 Å². The minimum atomic E-state index is -0.255. The van der Waals surface area contributed by atoms with Crippen molar-refractivity contribution in [2.75, 3.05) is 18.5 Å². The topological polar surface area (TPSA) is 58.4 Å². The molecule has 3 N–H and O–H groups in total. The van der Waals surface area contributed by atoms with Gasteiger partial charge in [0.15, 0.2) is 0 Å². The predicted molar refractivity (Wildman–Crippen MR) is 78.4 cm³/mol. The third-order valence-corrected chi connectivity index (χ3v) is 3.94. The van der Waals surface area contributed by atoms with Gasteiger partial charge in [-0.1, -0.05) is 17.7 Å². The van der Waals surface area contributed by atoms with Gasteiger partial charge in [0.2, 0.25) is 5.91 Å². The summed E-state index contributed by atoms with van der Waals surface area (Å²) in [6.07, 6.45) is 2.95. The zero-order chi connectivity index (χ0) is 13.8. The summed E-state index contributed by atoms with van der Waals surface area (Å²) in [5, 5.41) is 3.84. The van der Waals surface area contributed by atoms with E-state index in [-0.39, 0.29) is 11.9 Å². The van der Waals surface area contributed by atoms with Crippen molar-refractivity contribution in [1.82, 2.24) is 5.32 Å². The third-order valence-electron chi connectivity index (χ3n) is 3.59. The standard InChI is InChI=1S/C14H20ClN3O/c1-17-9-10-11(15)5-4-7-12(10)18-8-3-2-6-13(18)14(16)19/h4-5,7,13,17H,2-3,6,8-9H2,1H3,(H2,16,19). The molecule has 2 rings (SSSR count). The Balaban J connectivity index is 2.38. The summed E-state index contributed by atoms with van der Waals surface area (Å²) < 4.78 is 0. The van der Waals surface area contributed by atoms with Gasteiger partial charge in [0.05, 0.1) is 0 Å². The van der Waals surface area contributed by atoms with E-state index in [1.165, 1.54) is 0 Å². The highest BCUT2D eigenvalue weighted by Gasteiger charge is 2.28. The molecule has 1 unspecified atom stereocenters. The summed E-state index contributed by atoms with van der Waals surface area (Å²) in [7, 11) is 1.88. The first-order valence-corrected chi connectivity index (χ1v) is 7.01. The number of nitrogens with two attached hydrogens (primary N) is 1.